The van der Waals surface area contributed by atoms with Gasteiger partial charge in [-0.3, -0.25) is 9.59 Å². The number of carbonyl (C=O) groups excluding carboxylic acids is 2. The van der Waals surface area contributed by atoms with Crippen molar-refractivity contribution >= 4 is 11.9 Å². The van der Waals surface area contributed by atoms with E-state index in [1.165, 1.54) is 6.92 Å². The summed E-state index contributed by atoms with van der Waals surface area (Å²) in [6.45, 7) is 2.21. The Morgan fingerprint density at radius 1 is 1.32 bits per heavy atom. The predicted molar refractivity (Wildman–Crippen MR) is 79.8 cm³/mol. The lowest BCUT2D eigenvalue weighted by atomic mass is 10.1. The van der Waals surface area contributed by atoms with Crippen molar-refractivity contribution < 1.29 is 23.8 Å². The highest BCUT2D eigenvalue weighted by atomic mass is 16.5. The summed E-state index contributed by atoms with van der Waals surface area (Å²) in [6, 6.07) is 5.49. The van der Waals surface area contributed by atoms with E-state index < -0.39 is 0 Å². The topological polar surface area (TPSA) is 65.1 Å². The minimum Gasteiger partial charge on any atom is -0.497 e. The van der Waals surface area contributed by atoms with Gasteiger partial charge in [-0.15, -0.1) is 0 Å². The van der Waals surface area contributed by atoms with Crippen LogP contribution in [0.2, 0.25) is 0 Å². The third-order valence-corrected chi connectivity index (χ3v) is 3.64. The van der Waals surface area contributed by atoms with Gasteiger partial charge in [-0.25, -0.2) is 0 Å². The van der Waals surface area contributed by atoms with Crippen LogP contribution in [0.5, 0.6) is 11.5 Å². The van der Waals surface area contributed by atoms with Gasteiger partial charge in [0.2, 0.25) is 5.91 Å². The van der Waals surface area contributed by atoms with Gasteiger partial charge in [0.1, 0.15) is 17.6 Å². The standard InChI is InChI=1S/C16H21NO5/c1-11(18)22-14-6-7-16(19)17(10-14)9-12-4-5-13(20-2)8-15(12)21-3/h4-5,8,14H,6-7,9-10H2,1-3H3. The second-order valence-electron chi connectivity index (χ2n) is 5.22. The lowest BCUT2D eigenvalue weighted by Gasteiger charge is -2.32. The summed E-state index contributed by atoms with van der Waals surface area (Å²) in [4.78, 5) is 24.8. The summed E-state index contributed by atoms with van der Waals surface area (Å²) >= 11 is 0. The smallest absolute Gasteiger partial charge is 0.302 e. The molecule has 0 bridgehead atoms. The van der Waals surface area contributed by atoms with E-state index in [1.54, 1.807) is 25.2 Å². The van der Waals surface area contributed by atoms with Crippen molar-refractivity contribution in [1.29, 1.82) is 0 Å². The second-order valence-corrected chi connectivity index (χ2v) is 5.22. The molecule has 1 fully saturated rings. The van der Waals surface area contributed by atoms with Crippen LogP contribution in [0.4, 0.5) is 0 Å². The highest BCUT2D eigenvalue weighted by molar-refractivity contribution is 5.77. The van der Waals surface area contributed by atoms with E-state index in [9.17, 15) is 9.59 Å². The molecule has 0 saturated carbocycles. The zero-order chi connectivity index (χ0) is 16.1. The number of nitrogens with zero attached hydrogens (tertiary/aromatic N) is 1. The van der Waals surface area contributed by atoms with Crippen LogP contribution >= 0.6 is 0 Å². The van der Waals surface area contributed by atoms with Crippen molar-refractivity contribution in [3.63, 3.8) is 0 Å². The average molecular weight is 307 g/mol. The number of hydrogen-bond acceptors (Lipinski definition) is 5. The van der Waals surface area contributed by atoms with E-state index in [4.69, 9.17) is 14.2 Å². The highest BCUT2D eigenvalue weighted by Gasteiger charge is 2.28. The average Bonchev–Trinajstić information content (AvgIpc) is 2.50. The first-order valence-corrected chi connectivity index (χ1v) is 7.19. The molecule has 0 N–H and O–H groups in total. The number of carbonyl (C=O) groups is 2. The molecule has 1 aromatic rings. The largest absolute Gasteiger partial charge is 0.497 e. The van der Waals surface area contributed by atoms with Crippen molar-refractivity contribution in [3.8, 4) is 11.5 Å². The van der Waals surface area contributed by atoms with E-state index >= 15 is 0 Å². The van der Waals surface area contributed by atoms with Crippen LogP contribution in [-0.4, -0.2) is 43.6 Å². The Kier molecular flexibility index (Phi) is 5.25. The van der Waals surface area contributed by atoms with Gasteiger partial charge in [-0.2, -0.15) is 0 Å². The Hall–Kier alpha value is -2.24. The van der Waals surface area contributed by atoms with Crippen LogP contribution in [-0.2, 0) is 20.9 Å². The number of ether oxygens (including phenoxy) is 3. The fourth-order valence-electron chi connectivity index (χ4n) is 2.55. The van der Waals surface area contributed by atoms with E-state index in [1.807, 2.05) is 12.1 Å². The Morgan fingerprint density at radius 3 is 2.73 bits per heavy atom. The SMILES string of the molecule is COc1ccc(CN2CC(OC(C)=O)CCC2=O)c(OC)c1. The van der Waals surface area contributed by atoms with Crippen molar-refractivity contribution in [2.45, 2.75) is 32.4 Å². The first kappa shape index (κ1) is 16.1. The van der Waals surface area contributed by atoms with Crippen LogP contribution in [0.25, 0.3) is 0 Å². The fourth-order valence-corrected chi connectivity index (χ4v) is 2.55. The van der Waals surface area contributed by atoms with Crippen LogP contribution in [0, 0.1) is 0 Å². The highest BCUT2D eigenvalue weighted by Crippen LogP contribution is 2.27. The molecule has 6 nitrogen and oxygen atoms in total. The summed E-state index contributed by atoms with van der Waals surface area (Å²) in [7, 11) is 3.17. The van der Waals surface area contributed by atoms with E-state index in [2.05, 4.69) is 0 Å². The van der Waals surface area contributed by atoms with Crippen LogP contribution in [0.1, 0.15) is 25.3 Å². The molecule has 0 aliphatic carbocycles. The van der Waals surface area contributed by atoms with Crippen LogP contribution < -0.4 is 9.47 Å². The number of esters is 1. The maximum absolute atomic E-state index is 12.1. The molecular formula is C16H21NO5. The molecule has 1 unspecified atom stereocenters. The minimum absolute atomic E-state index is 0.0567. The summed E-state index contributed by atoms with van der Waals surface area (Å²) in [5.41, 5.74) is 0.889. The van der Waals surface area contributed by atoms with Gasteiger partial charge in [-0.1, -0.05) is 0 Å². The Bertz CT molecular complexity index is 557. The van der Waals surface area contributed by atoms with Gasteiger partial charge < -0.3 is 19.1 Å². The van der Waals surface area contributed by atoms with Gasteiger partial charge >= 0.3 is 5.97 Å². The molecule has 0 aromatic heterocycles. The summed E-state index contributed by atoms with van der Waals surface area (Å²) in [6.07, 6.45) is 0.727. The molecule has 1 aliphatic rings. The first-order chi connectivity index (χ1) is 10.5. The van der Waals surface area contributed by atoms with Crippen molar-refractivity contribution in [1.82, 2.24) is 4.90 Å². The lowest BCUT2D eigenvalue weighted by molar-refractivity contribution is -0.154. The number of piperidine rings is 1. The van der Waals surface area contributed by atoms with Crippen molar-refractivity contribution in [2.75, 3.05) is 20.8 Å². The molecule has 1 atom stereocenters. The Morgan fingerprint density at radius 2 is 2.09 bits per heavy atom. The number of hydrogen-bond donors (Lipinski definition) is 0. The van der Waals surface area contributed by atoms with Crippen molar-refractivity contribution in [2.24, 2.45) is 0 Å². The molecule has 120 valence electrons. The Labute approximate surface area is 129 Å². The predicted octanol–water partition coefficient (Wildman–Crippen LogP) is 1.76. The molecule has 2 rings (SSSR count). The number of likely N-dealkylation sites (tertiary alicyclic amines) is 1. The molecule has 1 aromatic carbocycles. The number of methoxy groups -OCH3 is 2. The maximum Gasteiger partial charge on any atom is 0.302 e. The zero-order valence-electron chi connectivity index (χ0n) is 13.1. The van der Waals surface area contributed by atoms with E-state index in [0.29, 0.717) is 37.4 Å². The van der Waals surface area contributed by atoms with Gasteiger partial charge in [0.15, 0.2) is 0 Å². The van der Waals surface area contributed by atoms with E-state index in [0.717, 1.165) is 5.56 Å². The summed E-state index contributed by atoms with van der Waals surface area (Å²) < 4.78 is 15.7. The quantitative estimate of drug-likeness (QED) is 0.776. The molecule has 1 aliphatic heterocycles. The van der Waals surface area contributed by atoms with Crippen molar-refractivity contribution in [3.05, 3.63) is 23.8 Å². The number of rotatable bonds is 5. The molecule has 1 saturated heterocycles. The summed E-state index contributed by atoms with van der Waals surface area (Å²) in [5, 5.41) is 0. The van der Waals surface area contributed by atoms with Gasteiger partial charge in [0, 0.05) is 31.5 Å². The third kappa shape index (κ3) is 3.90. The lowest BCUT2D eigenvalue weighted by Crippen LogP contribution is -2.43. The zero-order valence-corrected chi connectivity index (χ0v) is 13.1. The fraction of sp³-hybridized carbons (Fsp3) is 0.500. The molecule has 1 heterocycles. The molecule has 1 amide bonds. The van der Waals surface area contributed by atoms with Gasteiger partial charge in [0.25, 0.3) is 0 Å². The molecule has 0 radical (unpaired) electrons. The number of benzene rings is 1. The normalized spacial score (nSPS) is 18.0. The maximum atomic E-state index is 12.1. The summed E-state index contributed by atoms with van der Waals surface area (Å²) in [5.74, 6) is 1.10. The van der Waals surface area contributed by atoms with Crippen LogP contribution in [0.3, 0.4) is 0 Å². The van der Waals surface area contributed by atoms with Crippen LogP contribution in [0.15, 0.2) is 18.2 Å². The molecule has 0 spiro atoms. The Balaban J connectivity index is 2.10. The third-order valence-electron chi connectivity index (χ3n) is 3.64. The molecular weight excluding hydrogens is 286 g/mol. The van der Waals surface area contributed by atoms with Gasteiger partial charge in [0.05, 0.1) is 20.8 Å². The number of amides is 1. The van der Waals surface area contributed by atoms with Gasteiger partial charge in [-0.05, 0) is 18.6 Å². The molecule has 22 heavy (non-hydrogen) atoms. The molecule has 6 heteroatoms. The first-order valence-electron chi connectivity index (χ1n) is 7.19. The second kappa shape index (κ2) is 7.15. The monoisotopic (exact) mass is 307 g/mol. The van der Waals surface area contributed by atoms with E-state index in [-0.39, 0.29) is 18.0 Å². The minimum atomic E-state index is -0.318.